The molecular weight excluding hydrogens is 174 g/mol. The molecule has 0 fully saturated rings. The SMILES string of the molecule is CCCCOc1ccccc1C(C)N. The van der Waals surface area contributed by atoms with Crippen molar-refractivity contribution in [2.45, 2.75) is 32.7 Å². The molecule has 0 amide bonds. The normalized spacial score (nSPS) is 12.5. The molecule has 1 unspecified atom stereocenters. The van der Waals surface area contributed by atoms with Gasteiger partial charge >= 0.3 is 0 Å². The van der Waals surface area contributed by atoms with Crippen molar-refractivity contribution in [3.8, 4) is 5.75 Å². The average Bonchev–Trinajstić information content (AvgIpc) is 2.19. The van der Waals surface area contributed by atoms with Gasteiger partial charge in [-0.25, -0.2) is 0 Å². The maximum atomic E-state index is 5.84. The van der Waals surface area contributed by atoms with Crippen molar-refractivity contribution in [2.75, 3.05) is 6.61 Å². The molecule has 1 atom stereocenters. The summed E-state index contributed by atoms with van der Waals surface area (Å²) in [6.45, 7) is 4.91. The first-order chi connectivity index (χ1) is 6.75. The van der Waals surface area contributed by atoms with Crippen LogP contribution in [0.25, 0.3) is 0 Å². The molecule has 78 valence electrons. The summed E-state index contributed by atoms with van der Waals surface area (Å²) in [7, 11) is 0. The van der Waals surface area contributed by atoms with Gasteiger partial charge in [0.15, 0.2) is 0 Å². The summed E-state index contributed by atoms with van der Waals surface area (Å²) >= 11 is 0. The van der Waals surface area contributed by atoms with E-state index in [0.29, 0.717) is 0 Å². The quantitative estimate of drug-likeness (QED) is 0.730. The minimum absolute atomic E-state index is 0.0350. The largest absolute Gasteiger partial charge is 0.493 e. The van der Waals surface area contributed by atoms with Gasteiger partial charge in [0.2, 0.25) is 0 Å². The first kappa shape index (κ1) is 11.1. The van der Waals surface area contributed by atoms with Gasteiger partial charge in [0.1, 0.15) is 5.75 Å². The molecule has 0 aliphatic carbocycles. The Bertz CT molecular complexity index is 271. The lowest BCUT2D eigenvalue weighted by Crippen LogP contribution is -2.08. The van der Waals surface area contributed by atoms with E-state index in [1.165, 1.54) is 0 Å². The van der Waals surface area contributed by atoms with Crippen LogP contribution in [0.3, 0.4) is 0 Å². The standard InChI is InChI=1S/C12H19NO/c1-3-4-9-14-12-8-6-5-7-11(12)10(2)13/h5-8,10H,3-4,9,13H2,1-2H3. The third-order valence-electron chi connectivity index (χ3n) is 2.17. The zero-order valence-electron chi connectivity index (χ0n) is 8.99. The zero-order valence-corrected chi connectivity index (χ0v) is 8.99. The summed E-state index contributed by atoms with van der Waals surface area (Å²) in [6.07, 6.45) is 2.24. The second-order valence-electron chi connectivity index (χ2n) is 3.53. The monoisotopic (exact) mass is 193 g/mol. The zero-order chi connectivity index (χ0) is 10.4. The van der Waals surface area contributed by atoms with Crippen LogP contribution >= 0.6 is 0 Å². The predicted octanol–water partition coefficient (Wildman–Crippen LogP) is 2.89. The second kappa shape index (κ2) is 5.66. The number of hydrogen-bond donors (Lipinski definition) is 1. The highest BCUT2D eigenvalue weighted by atomic mass is 16.5. The number of para-hydroxylation sites is 1. The van der Waals surface area contributed by atoms with Crippen LogP contribution in [-0.4, -0.2) is 6.61 Å². The van der Waals surface area contributed by atoms with E-state index < -0.39 is 0 Å². The second-order valence-corrected chi connectivity index (χ2v) is 3.53. The molecule has 14 heavy (non-hydrogen) atoms. The molecule has 0 saturated heterocycles. The van der Waals surface area contributed by atoms with Crippen LogP contribution in [0.15, 0.2) is 24.3 Å². The number of nitrogens with two attached hydrogens (primary N) is 1. The predicted molar refractivity (Wildman–Crippen MR) is 59.4 cm³/mol. The highest BCUT2D eigenvalue weighted by Crippen LogP contribution is 2.23. The van der Waals surface area contributed by atoms with Gasteiger partial charge in [-0.3, -0.25) is 0 Å². The van der Waals surface area contributed by atoms with E-state index >= 15 is 0 Å². The fourth-order valence-corrected chi connectivity index (χ4v) is 1.31. The lowest BCUT2D eigenvalue weighted by Gasteiger charge is -2.13. The van der Waals surface area contributed by atoms with E-state index in [2.05, 4.69) is 6.92 Å². The van der Waals surface area contributed by atoms with Gasteiger partial charge in [0, 0.05) is 11.6 Å². The highest BCUT2D eigenvalue weighted by molar-refractivity contribution is 5.35. The number of ether oxygens (including phenoxy) is 1. The van der Waals surface area contributed by atoms with Gasteiger partial charge in [-0.2, -0.15) is 0 Å². The van der Waals surface area contributed by atoms with Crippen LogP contribution in [0.5, 0.6) is 5.75 Å². The summed E-state index contributed by atoms with van der Waals surface area (Å²) in [4.78, 5) is 0. The third-order valence-corrected chi connectivity index (χ3v) is 2.17. The summed E-state index contributed by atoms with van der Waals surface area (Å²) in [5, 5.41) is 0. The van der Waals surface area contributed by atoms with E-state index in [1.54, 1.807) is 0 Å². The van der Waals surface area contributed by atoms with Crippen LogP contribution in [0.2, 0.25) is 0 Å². The van der Waals surface area contributed by atoms with E-state index in [1.807, 2.05) is 31.2 Å². The van der Waals surface area contributed by atoms with Crippen LogP contribution in [0.4, 0.5) is 0 Å². The molecule has 1 aromatic carbocycles. The van der Waals surface area contributed by atoms with Crippen LogP contribution < -0.4 is 10.5 Å². The van der Waals surface area contributed by atoms with Crippen LogP contribution in [0, 0.1) is 0 Å². The van der Waals surface area contributed by atoms with Gasteiger partial charge in [0.05, 0.1) is 6.61 Å². The molecule has 2 N–H and O–H groups in total. The molecule has 0 aliphatic rings. The fraction of sp³-hybridized carbons (Fsp3) is 0.500. The van der Waals surface area contributed by atoms with Crippen molar-refractivity contribution >= 4 is 0 Å². The average molecular weight is 193 g/mol. The Morgan fingerprint density at radius 1 is 1.36 bits per heavy atom. The Kier molecular flexibility index (Phi) is 4.47. The van der Waals surface area contributed by atoms with E-state index in [-0.39, 0.29) is 6.04 Å². The molecule has 1 rings (SSSR count). The minimum atomic E-state index is 0.0350. The number of benzene rings is 1. The summed E-state index contributed by atoms with van der Waals surface area (Å²) < 4.78 is 5.66. The molecule has 0 heterocycles. The molecular formula is C12H19NO. The van der Waals surface area contributed by atoms with Crippen LogP contribution in [-0.2, 0) is 0 Å². The first-order valence-corrected chi connectivity index (χ1v) is 5.23. The van der Waals surface area contributed by atoms with Gasteiger partial charge < -0.3 is 10.5 Å². The maximum Gasteiger partial charge on any atom is 0.124 e. The molecule has 1 aromatic rings. The van der Waals surface area contributed by atoms with Crippen molar-refractivity contribution in [2.24, 2.45) is 5.73 Å². The summed E-state index contributed by atoms with van der Waals surface area (Å²) in [5.41, 5.74) is 6.93. The topological polar surface area (TPSA) is 35.2 Å². The Labute approximate surface area is 86.1 Å². The molecule has 0 spiro atoms. The minimum Gasteiger partial charge on any atom is -0.493 e. The molecule has 0 radical (unpaired) electrons. The van der Waals surface area contributed by atoms with Gasteiger partial charge in [-0.15, -0.1) is 0 Å². The van der Waals surface area contributed by atoms with Gasteiger partial charge in [-0.1, -0.05) is 31.5 Å². The Morgan fingerprint density at radius 2 is 2.07 bits per heavy atom. The maximum absolute atomic E-state index is 5.84. The van der Waals surface area contributed by atoms with Crippen LogP contribution in [0.1, 0.15) is 38.3 Å². The first-order valence-electron chi connectivity index (χ1n) is 5.23. The van der Waals surface area contributed by atoms with Crippen molar-refractivity contribution in [3.63, 3.8) is 0 Å². The Morgan fingerprint density at radius 3 is 2.71 bits per heavy atom. The molecule has 2 nitrogen and oxygen atoms in total. The molecule has 2 heteroatoms. The smallest absolute Gasteiger partial charge is 0.124 e. The van der Waals surface area contributed by atoms with Crippen molar-refractivity contribution in [1.82, 2.24) is 0 Å². The number of hydrogen-bond acceptors (Lipinski definition) is 2. The molecule has 0 bridgehead atoms. The van der Waals surface area contributed by atoms with Gasteiger partial charge in [-0.05, 0) is 19.4 Å². The third kappa shape index (κ3) is 3.04. The van der Waals surface area contributed by atoms with Gasteiger partial charge in [0.25, 0.3) is 0 Å². The summed E-state index contributed by atoms with van der Waals surface area (Å²) in [5.74, 6) is 0.927. The van der Waals surface area contributed by atoms with E-state index in [4.69, 9.17) is 10.5 Å². The molecule has 0 aromatic heterocycles. The Hall–Kier alpha value is -1.02. The van der Waals surface area contributed by atoms with Crippen molar-refractivity contribution < 1.29 is 4.74 Å². The van der Waals surface area contributed by atoms with Crippen molar-refractivity contribution in [3.05, 3.63) is 29.8 Å². The molecule has 0 saturated carbocycles. The molecule has 0 aliphatic heterocycles. The lowest BCUT2D eigenvalue weighted by atomic mass is 10.1. The van der Waals surface area contributed by atoms with E-state index in [9.17, 15) is 0 Å². The van der Waals surface area contributed by atoms with E-state index in [0.717, 1.165) is 30.8 Å². The highest BCUT2D eigenvalue weighted by Gasteiger charge is 2.05. The number of rotatable bonds is 5. The van der Waals surface area contributed by atoms with Crippen molar-refractivity contribution in [1.29, 1.82) is 0 Å². The summed E-state index contributed by atoms with van der Waals surface area (Å²) in [6, 6.07) is 8.01. The lowest BCUT2D eigenvalue weighted by molar-refractivity contribution is 0.305. The number of unbranched alkanes of at least 4 members (excludes halogenated alkanes) is 1. The fourth-order valence-electron chi connectivity index (χ4n) is 1.31. The Balaban J connectivity index is 2.64.